The standard InChI is InChI=1S/C11H21ClN2O2/c1-4-9(12)10-11(16-8(3)15)14(5-2)7-6-13-10/h9-11,13H,4-7H2,1-3H3. The van der Waals surface area contributed by atoms with Crippen molar-refractivity contribution < 1.29 is 9.53 Å². The van der Waals surface area contributed by atoms with Crippen molar-refractivity contribution in [2.75, 3.05) is 19.6 Å². The van der Waals surface area contributed by atoms with Gasteiger partial charge in [-0.3, -0.25) is 9.69 Å². The third-order valence-electron chi connectivity index (χ3n) is 2.92. The van der Waals surface area contributed by atoms with E-state index in [0.29, 0.717) is 0 Å². The first-order valence-corrected chi connectivity index (χ1v) is 6.32. The Morgan fingerprint density at radius 3 is 2.81 bits per heavy atom. The third-order valence-corrected chi connectivity index (χ3v) is 3.50. The minimum absolute atomic E-state index is 0.0151. The van der Waals surface area contributed by atoms with Crippen LogP contribution in [0.15, 0.2) is 0 Å². The Labute approximate surface area is 102 Å². The van der Waals surface area contributed by atoms with Crippen molar-refractivity contribution in [2.45, 2.75) is 44.8 Å². The fourth-order valence-electron chi connectivity index (χ4n) is 2.05. The molecule has 1 rings (SSSR count). The highest BCUT2D eigenvalue weighted by Crippen LogP contribution is 2.19. The topological polar surface area (TPSA) is 41.6 Å². The van der Waals surface area contributed by atoms with E-state index >= 15 is 0 Å². The van der Waals surface area contributed by atoms with Crippen LogP contribution in [0, 0.1) is 0 Å². The number of likely N-dealkylation sites (N-methyl/N-ethyl adjacent to an activating group) is 1. The molecule has 0 amide bonds. The Bertz CT molecular complexity index is 238. The molecule has 1 heterocycles. The molecular formula is C11H21ClN2O2. The van der Waals surface area contributed by atoms with E-state index in [1.54, 1.807) is 0 Å². The van der Waals surface area contributed by atoms with Crippen LogP contribution in [-0.4, -0.2) is 48.2 Å². The number of nitrogens with zero attached hydrogens (tertiary/aromatic N) is 1. The van der Waals surface area contributed by atoms with Gasteiger partial charge >= 0.3 is 5.97 Å². The first kappa shape index (κ1) is 13.7. The number of rotatable bonds is 4. The Balaban J connectivity index is 2.74. The molecule has 0 aromatic heterocycles. The Kier molecular flexibility index (Phi) is 5.52. The van der Waals surface area contributed by atoms with Gasteiger partial charge in [0.15, 0.2) is 6.23 Å². The first-order chi connectivity index (χ1) is 7.60. The van der Waals surface area contributed by atoms with Crippen LogP contribution in [0.3, 0.4) is 0 Å². The number of hydrogen-bond acceptors (Lipinski definition) is 4. The summed E-state index contributed by atoms with van der Waals surface area (Å²) in [5.41, 5.74) is 0. The van der Waals surface area contributed by atoms with Crippen LogP contribution in [0.4, 0.5) is 0 Å². The van der Waals surface area contributed by atoms with E-state index in [2.05, 4.69) is 17.1 Å². The van der Waals surface area contributed by atoms with Gasteiger partial charge in [-0.25, -0.2) is 0 Å². The molecule has 1 saturated heterocycles. The fourth-order valence-corrected chi connectivity index (χ4v) is 2.26. The molecule has 1 fully saturated rings. The molecule has 0 saturated carbocycles. The number of hydrogen-bond donors (Lipinski definition) is 1. The summed E-state index contributed by atoms with van der Waals surface area (Å²) < 4.78 is 5.37. The van der Waals surface area contributed by atoms with Gasteiger partial charge in [-0.1, -0.05) is 13.8 Å². The van der Waals surface area contributed by atoms with Crippen LogP contribution in [0.2, 0.25) is 0 Å². The van der Waals surface area contributed by atoms with Crippen LogP contribution in [0.1, 0.15) is 27.2 Å². The number of halogens is 1. The van der Waals surface area contributed by atoms with Crippen molar-refractivity contribution in [1.29, 1.82) is 0 Å². The molecule has 3 unspecified atom stereocenters. The van der Waals surface area contributed by atoms with Gasteiger partial charge in [0.2, 0.25) is 0 Å². The van der Waals surface area contributed by atoms with Gasteiger partial charge in [-0.2, -0.15) is 0 Å². The zero-order chi connectivity index (χ0) is 12.1. The van der Waals surface area contributed by atoms with Gasteiger partial charge < -0.3 is 10.1 Å². The Morgan fingerprint density at radius 1 is 1.62 bits per heavy atom. The zero-order valence-electron chi connectivity index (χ0n) is 10.2. The Hall–Kier alpha value is -0.320. The summed E-state index contributed by atoms with van der Waals surface area (Å²) in [6.07, 6.45) is 0.618. The second-order valence-electron chi connectivity index (χ2n) is 4.03. The number of alkyl halides is 1. The van der Waals surface area contributed by atoms with E-state index in [1.807, 2.05) is 6.92 Å². The number of piperazine rings is 1. The van der Waals surface area contributed by atoms with Gasteiger partial charge in [0.25, 0.3) is 0 Å². The molecule has 0 bridgehead atoms. The molecule has 1 N–H and O–H groups in total. The monoisotopic (exact) mass is 248 g/mol. The highest BCUT2D eigenvalue weighted by Gasteiger charge is 2.36. The van der Waals surface area contributed by atoms with E-state index in [9.17, 15) is 4.79 Å². The molecule has 0 aromatic rings. The SMILES string of the molecule is CCC(Cl)C1NCCN(CC)C1OC(C)=O. The molecule has 1 aliphatic rings. The van der Waals surface area contributed by atoms with E-state index in [-0.39, 0.29) is 23.6 Å². The molecule has 0 aromatic carbocycles. The van der Waals surface area contributed by atoms with Gasteiger partial charge in [0.05, 0.1) is 11.4 Å². The Morgan fingerprint density at radius 2 is 2.31 bits per heavy atom. The average molecular weight is 249 g/mol. The number of esters is 1. The van der Waals surface area contributed by atoms with E-state index in [0.717, 1.165) is 26.1 Å². The maximum atomic E-state index is 11.1. The maximum absolute atomic E-state index is 11.1. The molecule has 16 heavy (non-hydrogen) atoms. The van der Waals surface area contributed by atoms with Crippen LogP contribution in [0.5, 0.6) is 0 Å². The van der Waals surface area contributed by atoms with Crippen molar-refractivity contribution >= 4 is 17.6 Å². The second-order valence-corrected chi connectivity index (χ2v) is 4.59. The minimum Gasteiger partial charge on any atom is -0.445 e. The molecule has 0 spiro atoms. The van der Waals surface area contributed by atoms with Crippen LogP contribution in [-0.2, 0) is 9.53 Å². The average Bonchev–Trinajstić information content (AvgIpc) is 2.27. The minimum atomic E-state index is -0.253. The van der Waals surface area contributed by atoms with Gasteiger partial charge in [0.1, 0.15) is 0 Å². The van der Waals surface area contributed by atoms with Crippen LogP contribution in [0.25, 0.3) is 0 Å². The lowest BCUT2D eigenvalue weighted by molar-refractivity contribution is -0.162. The summed E-state index contributed by atoms with van der Waals surface area (Å²) in [6, 6.07) is 0.0178. The number of carbonyl (C=O) groups excluding carboxylic acids is 1. The highest BCUT2D eigenvalue weighted by atomic mass is 35.5. The lowest BCUT2D eigenvalue weighted by Crippen LogP contribution is -2.62. The molecule has 4 nitrogen and oxygen atoms in total. The van der Waals surface area contributed by atoms with Gasteiger partial charge in [-0.15, -0.1) is 11.6 Å². The molecule has 0 radical (unpaired) electrons. The molecule has 1 aliphatic heterocycles. The number of ether oxygens (including phenoxy) is 1. The lowest BCUT2D eigenvalue weighted by Gasteiger charge is -2.42. The summed E-state index contributed by atoms with van der Waals surface area (Å²) in [5.74, 6) is -0.253. The van der Waals surface area contributed by atoms with Gasteiger partial charge in [-0.05, 0) is 13.0 Å². The molecule has 3 atom stereocenters. The zero-order valence-corrected chi connectivity index (χ0v) is 11.0. The third kappa shape index (κ3) is 3.34. The lowest BCUT2D eigenvalue weighted by atomic mass is 10.1. The summed E-state index contributed by atoms with van der Waals surface area (Å²) in [4.78, 5) is 13.3. The maximum Gasteiger partial charge on any atom is 0.304 e. The van der Waals surface area contributed by atoms with Crippen LogP contribution >= 0.6 is 11.6 Å². The molecule has 94 valence electrons. The number of nitrogens with one attached hydrogen (secondary N) is 1. The smallest absolute Gasteiger partial charge is 0.304 e. The summed E-state index contributed by atoms with van der Waals surface area (Å²) in [5, 5.41) is 3.32. The fraction of sp³-hybridized carbons (Fsp3) is 0.909. The molecular weight excluding hydrogens is 228 g/mol. The molecule has 0 aliphatic carbocycles. The summed E-state index contributed by atoms with van der Waals surface area (Å²) in [6.45, 7) is 8.18. The van der Waals surface area contributed by atoms with Crippen molar-refractivity contribution in [3.63, 3.8) is 0 Å². The van der Waals surface area contributed by atoms with Crippen molar-refractivity contribution in [1.82, 2.24) is 10.2 Å². The van der Waals surface area contributed by atoms with E-state index in [4.69, 9.17) is 16.3 Å². The quantitative estimate of drug-likeness (QED) is 0.600. The predicted octanol–water partition coefficient (Wildman–Crippen LogP) is 1.19. The first-order valence-electron chi connectivity index (χ1n) is 5.88. The van der Waals surface area contributed by atoms with Crippen LogP contribution < -0.4 is 5.32 Å². The van der Waals surface area contributed by atoms with E-state index in [1.165, 1.54) is 6.92 Å². The predicted molar refractivity (Wildman–Crippen MR) is 64.5 cm³/mol. The van der Waals surface area contributed by atoms with Crippen molar-refractivity contribution in [3.8, 4) is 0 Å². The largest absolute Gasteiger partial charge is 0.445 e. The highest BCUT2D eigenvalue weighted by molar-refractivity contribution is 6.21. The van der Waals surface area contributed by atoms with E-state index < -0.39 is 0 Å². The summed E-state index contributed by atoms with van der Waals surface area (Å²) >= 11 is 6.26. The van der Waals surface area contributed by atoms with Gasteiger partial charge in [0, 0.05) is 20.0 Å². The second kappa shape index (κ2) is 6.42. The number of carbonyl (C=O) groups is 1. The van der Waals surface area contributed by atoms with Crippen molar-refractivity contribution in [2.24, 2.45) is 0 Å². The normalized spacial score (nSPS) is 28.8. The summed E-state index contributed by atoms with van der Waals surface area (Å²) in [7, 11) is 0. The van der Waals surface area contributed by atoms with Crippen molar-refractivity contribution in [3.05, 3.63) is 0 Å². The molecule has 5 heteroatoms.